The lowest BCUT2D eigenvalue weighted by molar-refractivity contribution is -0.141. The smallest absolute Gasteiger partial charge is 0.316 e. The molecule has 3 rings (SSSR count). The Kier molecular flexibility index (Phi) is 6.29. The number of carbonyl (C=O) groups is 2. The first-order chi connectivity index (χ1) is 13.2. The summed E-state index contributed by atoms with van der Waals surface area (Å²) in [6.07, 6.45) is 0.218. The number of nitriles is 1. The molecule has 27 heavy (non-hydrogen) atoms. The standard InChI is InChI=1S/C21H18N2O3S/c22-12-18-17(16-9-5-2-6-10-16)11-19(24)23-21(18)27-14-20(25)26-13-15-7-3-1-4-8-15/h1-10,17H,11,13-14H2,(H,23,24). The molecule has 2 aromatic rings. The molecule has 0 spiro atoms. The summed E-state index contributed by atoms with van der Waals surface area (Å²) in [5.74, 6) is -0.838. The average Bonchev–Trinajstić information content (AvgIpc) is 2.71. The molecule has 136 valence electrons. The zero-order valence-corrected chi connectivity index (χ0v) is 15.4. The Labute approximate surface area is 162 Å². The van der Waals surface area contributed by atoms with Gasteiger partial charge in [0.15, 0.2) is 0 Å². The fourth-order valence-electron chi connectivity index (χ4n) is 2.81. The number of rotatable bonds is 6. The van der Waals surface area contributed by atoms with Crippen LogP contribution in [0.4, 0.5) is 0 Å². The molecule has 6 heteroatoms. The van der Waals surface area contributed by atoms with E-state index in [0.717, 1.165) is 22.9 Å². The summed E-state index contributed by atoms with van der Waals surface area (Å²) < 4.78 is 5.25. The fraction of sp³-hybridized carbons (Fsp3) is 0.190. The van der Waals surface area contributed by atoms with E-state index >= 15 is 0 Å². The SMILES string of the molecule is N#CC1=C(SCC(=O)OCc2ccccc2)NC(=O)CC1c1ccccc1. The second-order valence-corrected chi connectivity index (χ2v) is 6.99. The van der Waals surface area contributed by atoms with Crippen molar-refractivity contribution in [3.63, 3.8) is 0 Å². The van der Waals surface area contributed by atoms with E-state index in [2.05, 4.69) is 11.4 Å². The van der Waals surface area contributed by atoms with E-state index in [4.69, 9.17) is 4.74 Å². The van der Waals surface area contributed by atoms with Crippen molar-refractivity contribution in [2.24, 2.45) is 0 Å². The number of thioether (sulfide) groups is 1. The summed E-state index contributed by atoms with van der Waals surface area (Å²) in [5, 5.41) is 12.8. The van der Waals surface area contributed by atoms with Crippen molar-refractivity contribution in [2.45, 2.75) is 18.9 Å². The van der Waals surface area contributed by atoms with Crippen LogP contribution in [0.1, 0.15) is 23.5 Å². The molecule has 1 N–H and O–H groups in total. The van der Waals surface area contributed by atoms with Gasteiger partial charge in [0, 0.05) is 12.3 Å². The van der Waals surface area contributed by atoms with Crippen molar-refractivity contribution in [1.82, 2.24) is 5.32 Å². The van der Waals surface area contributed by atoms with Crippen molar-refractivity contribution < 1.29 is 14.3 Å². The van der Waals surface area contributed by atoms with E-state index in [0.29, 0.717) is 10.6 Å². The van der Waals surface area contributed by atoms with Gasteiger partial charge in [-0.2, -0.15) is 5.26 Å². The third-order valence-corrected chi connectivity index (χ3v) is 5.13. The number of carbonyl (C=O) groups excluding carboxylic acids is 2. The first-order valence-electron chi connectivity index (χ1n) is 8.49. The molecule has 0 bridgehead atoms. The van der Waals surface area contributed by atoms with Gasteiger partial charge < -0.3 is 10.1 Å². The largest absolute Gasteiger partial charge is 0.460 e. The lowest BCUT2D eigenvalue weighted by Crippen LogP contribution is -2.31. The van der Waals surface area contributed by atoms with Crippen molar-refractivity contribution in [3.8, 4) is 6.07 Å². The van der Waals surface area contributed by atoms with E-state index in [-0.39, 0.29) is 30.6 Å². The minimum absolute atomic E-state index is 0.0230. The zero-order chi connectivity index (χ0) is 19.1. The second kappa shape index (κ2) is 9.06. The van der Waals surface area contributed by atoms with Crippen LogP contribution in [0.5, 0.6) is 0 Å². The molecule has 1 aliphatic rings. The maximum atomic E-state index is 12.1. The monoisotopic (exact) mass is 378 g/mol. The van der Waals surface area contributed by atoms with Gasteiger partial charge in [-0.3, -0.25) is 9.59 Å². The molecule has 5 nitrogen and oxygen atoms in total. The molecule has 1 unspecified atom stereocenters. The van der Waals surface area contributed by atoms with E-state index in [1.165, 1.54) is 0 Å². The van der Waals surface area contributed by atoms with Gasteiger partial charge in [0.1, 0.15) is 6.61 Å². The molecule has 2 aromatic carbocycles. The van der Waals surface area contributed by atoms with Crippen LogP contribution >= 0.6 is 11.8 Å². The highest BCUT2D eigenvalue weighted by molar-refractivity contribution is 8.03. The van der Waals surface area contributed by atoms with Crippen LogP contribution in [-0.2, 0) is 20.9 Å². The Balaban J connectivity index is 1.66. The van der Waals surface area contributed by atoms with Gasteiger partial charge in [-0.15, -0.1) is 0 Å². The van der Waals surface area contributed by atoms with Gasteiger partial charge in [-0.05, 0) is 11.1 Å². The van der Waals surface area contributed by atoms with Crippen molar-refractivity contribution in [1.29, 1.82) is 5.26 Å². The molecule has 1 heterocycles. The Hall–Kier alpha value is -3.04. The number of nitrogens with zero attached hydrogens (tertiary/aromatic N) is 1. The second-order valence-electron chi connectivity index (χ2n) is 6.01. The van der Waals surface area contributed by atoms with Crippen molar-refractivity contribution in [3.05, 3.63) is 82.4 Å². The maximum absolute atomic E-state index is 12.1. The van der Waals surface area contributed by atoms with Crippen LogP contribution in [-0.4, -0.2) is 17.6 Å². The van der Waals surface area contributed by atoms with E-state index in [9.17, 15) is 14.9 Å². The average molecular weight is 378 g/mol. The number of amides is 1. The van der Waals surface area contributed by atoms with E-state index in [1.54, 1.807) is 0 Å². The summed E-state index contributed by atoms with van der Waals surface area (Å²) >= 11 is 1.13. The van der Waals surface area contributed by atoms with E-state index in [1.807, 2.05) is 60.7 Å². The van der Waals surface area contributed by atoms with Gasteiger partial charge in [0.2, 0.25) is 5.91 Å². The summed E-state index contributed by atoms with van der Waals surface area (Å²) in [4.78, 5) is 24.1. The molecular formula is C21H18N2O3S. The van der Waals surface area contributed by atoms with Crippen LogP contribution in [0.3, 0.4) is 0 Å². The third-order valence-electron chi connectivity index (χ3n) is 4.13. The Morgan fingerprint density at radius 1 is 1.15 bits per heavy atom. The normalized spacial score (nSPS) is 16.4. The van der Waals surface area contributed by atoms with Gasteiger partial charge in [-0.25, -0.2) is 0 Å². The first-order valence-corrected chi connectivity index (χ1v) is 9.47. The van der Waals surface area contributed by atoms with E-state index < -0.39 is 5.97 Å². The topological polar surface area (TPSA) is 79.2 Å². The summed E-state index contributed by atoms with van der Waals surface area (Å²) in [7, 11) is 0. The molecule has 1 aliphatic heterocycles. The van der Waals surface area contributed by atoms with Gasteiger partial charge >= 0.3 is 5.97 Å². The molecule has 0 aliphatic carbocycles. The maximum Gasteiger partial charge on any atom is 0.316 e. The van der Waals surface area contributed by atoms with Crippen LogP contribution in [0.25, 0.3) is 0 Å². The zero-order valence-electron chi connectivity index (χ0n) is 14.6. The number of hydrogen-bond acceptors (Lipinski definition) is 5. The third kappa shape index (κ3) is 4.99. The highest BCUT2D eigenvalue weighted by Crippen LogP contribution is 2.35. The molecule has 0 radical (unpaired) electrons. The quantitative estimate of drug-likeness (QED) is 0.778. The van der Waals surface area contributed by atoms with Gasteiger partial charge in [0.05, 0.1) is 22.4 Å². The van der Waals surface area contributed by atoms with Crippen LogP contribution in [0.2, 0.25) is 0 Å². The van der Waals surface area contributed by atoms with Gasteiger partial charge in [0.25, 0.3) is 0 Å². The lowest BCUT2D eigenvalue weighted by Gasteiger charge is -2.24. The lowest BCUT2D eigenvalue weighted by atomic mass is 9.87. The molecule has 0 aromatic heterocycles. The predicted molar refractivity (Wildman–Crippen MR) is 103 cm³/mol. The summed E-state index contributed by atoms with van der Waals surface area (Å²) in [5.41, 5.74) is 2.29. The summed E-state index contributed by atoms with van der Waals surface area (Å²) in [6.45, 7) is 0.198. The molecule has 0 saturated heterocycles. The van der Waals surface area contributed by atoms with Crippen molar-refractivity contribution >= 4 is 23.6 Å². The molecule has 1 atom stereocenters. The fourth-order valence-corrected chi connectivity index (χ4v) is 3.69. The number of benzene rings is 2. The molecular weight excluding hydrogens is 360 g/mol. The number of ether oxygens (including phenoxy) is 1. The highest BCUT2D eigenvalue weighted by Gasteiger charge is 2.29. The minimum atomic E-state index is -0.398. The first kappa shape index (κ1) is 18.7. The van der Waals surface area contributed by atoms with Gasteiger partial charge in [-0.1, -0.05) is 72.4 Å². The van der Waals surface area contributed by atoms with Crippen LogP contribution in [0, 0.1) is 11.3 Å². The predicted octanol–water partition coefficient (Wildman–Crippen LogP) is 3.50. The van der Waals surface area contributed by atoms with Crippen LogP contribution < -0.4 is 5.32 Å². The van der Waals surface area contributed by atoms with Crippen LogP contribution in [0.15, 0.2) is 71.3 Å². The Bertz CT molecular complexity index is 889. The Morgan fingerprint density at radius 2 is 1.81 bits per heavy atom. The number of hydrogen-bond donors (Lipinski definition) is 1. The molecule has 0 saturated carbocycles. The molecule has 1 amide bonds. The number of nitrogens with one attached hydrogen (secondary N) is 1. The number of allylic oxidation sites excluding steroid dienone is 1. The highest BCUT2D eigenvalue weighted by atomic mass is 32.2. The Morgan fingerprint density at radius 3 is 2.48 bits per heavy atom. The molecule has 0 fully saturated rings. The summed E-state index contributed by atoms with van der Waals surface area (Å²) in [6, 6.07) is 21.1. The number of esters is 1. The van der Waals surface area contributed by atoms with Crippen molar-refractivity contribution in [2.75, 3.05) is 5.75 Å². The minimum Gasteiger partial charge on any atom is -0.460 e.